The quantitative estimate of drug-likeness (QED) is 0.366. The molecule has 1 aromatic rings. The molecule has 0 bridgehead atoms. The Hall–Kier alpha value is -2.87. The van der Waals surface area contributed by atoms with E-state index in [1.807, 2.05) is 6.07 Å². The SMILES string of the molecule is COC(=O)/C=C1/S/C(=N\N=Cc2ccc3c(c2)C(C)=CC(C)(C)N3C)NC1=O. The molecule has 1 N–H and O–H groups in total. The number of methoxy groups -OCH3 is 1. The van der Waals surface area contributed by atoms with Crippen LogP contribution in [0.4, 0.5) is 5.69 Å². The van der Waals surface area contributed by atoms with Gasteiger partial charge in [0.1, 0.15) is 0 Å². The zero-order valence-corrected chi connectivity index (χ0v) is 17.3. The van der Waals surface area contributed by atoms with Crippen LogP contribution in [-0.4, -0.2) is 43.0 Å². The van der Waals surface area contributed by atoms with Crippen molar-refractivity contribution in [2.75, 3.05) is 19.1 Å². The highest BCUT2D eigenvalue weighted by molar-refractivity contribution is 8.18. The lowest BCUT2D eigenvalue weighted by Gasteiger charge is -2.40. The highest BCUT2D eigenvalue weighted by Crippen LogP contribution is 2.37. The monoisotopic (exact) mass is 398 g/mol. The summed E-state index contributed by atoms with van der Waals surface area (Å²) in [5, 5.41) is 11.0. The van der Waals surface area contributed by atoms with Crippen LogP contribution in [0.3, 0.4) is 0 Å². The van der Waals surface area contributed by atoms with Gasteiger partial charge in [-0.05, 0) is 55.8 Å². The predicted molar refractivity (Wildman–Crippen MR) is 113 cm³/mol. The molecule has 0 saturated carbocycles. The molecule has 0 radical (unpaired) electrons. The first-order valence-corrected chi connectivity index (χ1v) is 9.50. The second-order valence-electron chi connectivity index (χ2n) is 7.05. The van der Waals surface area contributed by atoms with Gasteiger partial charge < -0.3 is 9.64 Å². The molecular formula is C20H22N4O3S. The topological polar surface area (TPSA) is 83.4 Å². The van der Waals surface area contributed by atoms with Gasteiger partial charge in [-0.15, -0.1) is 5.10 Å². The average Bonchev–Trinajstić information content (AvgIpc) is 2.98. The second kappa shape index (κ2) is 7.63. The number of likely N-dealkylation sites (N-methyl/N-ethyl adjacent to an activating group) is 1. The second-order valence-corrected chi connectivity index (χ2v) is 8.08. The zero-order valence-electron chi connectivity index (χ0n) is 16.4. The Bertz CT molecular complexity index is 960. The summed E-state index contributed by atoms with van der Waals surface area (Å²) in [6.45, 7) is 6.47. The van der Waals surface area contributed by atoms with Gasteiger partial charge in [-0.3, -0.25) is 10.1 Å². The van der Waals surface area contributed by atoms with E-state index < -0.39 is 11.9 Å². The Morgan fingerprint density at radius 1 is 1.36 bits per heavy atom. The van der Waals surface area contributed by atoms with E-state index in [9.17, 15) is 9.59 Å². The van der Waals surface area contributed by atoms with Crippen LogP contribution in [0.25, 0.3) is 5.57 Å². The average molecular weight is 398 g/mol. The number of ether oxygens (including phenoxy) is 1. The summed E-state index contributed by atoms with van der Waals surface area (Å²) < 4.78 is 4.52. The fourth-order valence-corrected chi connectivity index (χ4v) is 3.79. The van der Waals surface area contributed by atoms with Crippen LogP contribution < -0.4 is 10.2 Å². The van der Waals surface area contributed by atoms with E-state index in [1.165, 1.54) is 18.4 Å². The van der Waals surface area contributed by atoms with E-state index in [0.29, 0.717) is 5.17 Å². The number of hydrogen-bond donors (Lipinski definition) is 1. The summed E-state index contributed by atoms with van der Waals surface area (Å²) >= 11 is 1.04. The fraction of sp³-hybridized carbons (Fsp3) is 0.300. The number of thioether (sulfide) groups is 1. The van der Waals surface area contributed by atoms with Gasteiger partial charge in [-0.2, -0.15) is 5.10 Å². The lowest BCUT2D eigenvalue weighted by atomic mass is 9.89. The molecule has 146 valence electrons. The minimum Gasteiger partial charge on any atom is -0.466 e. The van der Waals surface area contributed by atoms with Crippen LogP contribution in [0.5, 0.6) is 0 Å². The third kappa shape index (κ3) is 4.01. The standard InChI is InChI=1S/C20H22N4O3S/c1-12-10-20(2,3)24(4)15-7-6-13(8-14(12)15)11-21-23-19-22-18(26)16(28-19)9-17(25)27-5/h6-11H,1-5H3,(H,22,23,26)/b16-9+,21-11?. The van der Waals surface area contributed by atoms with E-state index in [4.69, 9.17) is 0 Å². The lowest BCUT2D eigenvalue weighted by Crippen LogP contribution is -2.42. The third-order valence-electron chi connectivity index (χ3n) is 4.70. The van der Waals surface area contributed by atoms with Gasteiger partial charge in [-0.25, -0.2) is 4.79 Å². The summed E-state index contributed by atoms with van der Waals surface area (Å²) in [6, 6.07) is 6.13. The van der Waals surface area contributed by atoms with Crippen molar-refractivity contribution in [3.63, 3.8) is 0 Å². The molecule has 7 nitrogen and oxygen atoms in total. The summed E-state index contributed by atoms with van der Waals surface area (Å²) in [6.07, 6.45) is 5.01. The Labute approximate surface area is 168 Å². The van der Waals surface area contributed by atoms with Crippen molar-refractivity contribution in [2.24, 2.45) is 10.2 Å². The summed E-state index contributed by atoms with van der Waals surface area (Å²) in [4.78, 5) is 25.5. The van der Waals surface area contributed by atoms with Crippen LogP contribution in [0.15, 0.2) is 45.5 Å². The first-order chi connectivity index (χ1) is 13.2. The van der Waals surface area contributed by atoms with Crippen LogP contribution in [0.2, 0.25) is 0 Å². The molecule has 1 amide bonds. The van der Waals surface area contributed by atoms with Crippen molar-refractivity contribution in [2.45, 2.75) is 26.3 Å². The van der Waals surface area contributed by atoms with Crippen molar-refractivity contribution in [1.82, 2.24) is 5.32 Å². The molecule has 1 aromatic carbocycles. The fourth-order valence-electron chi connectivity index (χ4n) is 3.05. The first-order valence-electron chi connectivity index (χ1n) is 8.69. The molecule has 2 heterocycles. The van der Waals surface area contributed by atoms with E-state index in [1.54, 1.807) is 6.21 Å². The van der Waals surface area contributed by atoms with E-state index in [2.05, 4.69) is 71.2 Å². The maximum absolute atomic E-state index is 11.8. The van der Waals surface area contributed by atoms with Crippen molar-refractivity contribution in [3.8, 4) is 0 Å². The van der Waals surface area contributed by atoms with Gasteiger partial charge in [0.15, 0.2) is 5.17 Å². The molecule has 0 aromatic heterocycles. The van der Waals surface area contributed by atoms with Crippen LogP contribution >= 0.6 is 11.8 Å². The van der Waals surface area contributed by atoms with Gasteiger partial charge in [0.2, 0.25) is 0 Å². The van der Waals surface area contributed by atoms with E-state index >= 15 is 0 Å². The highest BCUT2D eigenvalue weighted by atomic mass is 32.2. The number of fused-ring (bicyclic) bond motifs is 1. The molecule has 2 aliphatic rings. The van der Waals surface area contributed by atoms with Gasteiger partial charge in [-0.1, -0.05) is 12.1 Å². The number of benzene rings is 1. The minimum atomic E-state index is -0.590. The maximum Gasteiger partial charge on any atom is 0.331 e. The molecule has 1 saturated heterocycles. The number of nitrogens with zero attached hydrogens (tertiary/aromatic N) is 3. The number of anilines is 1. The van der Waals surface area contributed by atoms with Gasteiger partial charge in [0, 0.05) is 24.4 Å². The van der Waals surface area contributed by atoms with Crippen molar-refractivity contribution in [3.05, 3.63) is 46.4 Å². The molecule has 8 heteroatoms. The normalized spacial score (nSPS) is 21.1. The molecule has 0 atom stereocenters. The van der Waals surface area contributed by atoms with Gasteiger partial charge >= 0.3 is 5.97 Å². The number of allylic oxidation sites excluding steroid dienone is 1. The number of carbonyl (C=O) groups excluding carboxylic acids is 2. The molecule has 3 rings (SSSR count). The summed E-state index contributed by atoms with van der Waals surface area (Å²) in [7, 11) is 3.34. The molecular weight excluding hydrogens is 376 g/mol. The molecule has 2 aliphatic heterocycles. The largest absolute Gasteiger partial charge is 0.466 e. The number of nitrogens with one attached hydrogen (secondary N) is 1. The Balaban J connectivity index is 1.77. The molecule has 28 heavy (non-hydrogen) atoms. The first kappa shape index (κ1) is 19.9. The number of amidine groups is 1. The maximum atomic E-state index is 11.8. The van der Waals surface area contributed by atoms with Gasteiger partial charge in [0.05, 0.1) is 23.8 Å². The molecule has 0 aliphatic carbocycles. The minimum absolute atomic E-state index is 0.0357. The number of amides is 1. The van der Waals surface area contributed by atoms with Crippen LogP contribution in [0, 0.1) is 0 Å². The third-order valence-corrected chi connectivity index (χ3v) is 5.60. The number of esters is 1. The molecule has 0 spiro atoms. The van der Waals surface area contributed by atoms with Crippen molar-refractivity contribution < 1.29 is 14.3 Å². The predicted octanol–water partition coefficient (Wildman–Crippen LogP) is 2.93. The Kier molecular flexibility index (Phi) is 5.42. The molecule has 1 fully saturated rings. The van der Waals surface area contributed by atoms with Crippen molar-refractivity contribution >= 4 is 46.3 Å². The number of rotatable bonds is 3. The number of hydrogen-bond acceptors (Lipinski definition) is 7. The van der Waals surface area contributed by atoms with E-state index in [-0.39, 0.29) is 10.4 Å². The Morgan fingerprint density at radius 3 is 2.82 bits per heavy atom. The van der Waals surface area contributed by atoms with Crippen molar-refractivity contribution in [1.29, 1.82) is 0 Å². The molecule has 0 unspecified atom stereocenters. The van der Waals surface area contributed by atoms with Gasteiger partial charge in [0.25, 0.3) is 5.91 Å². The van der Waals surface area contributed by atoms with E-state index in [0.717, 1.165) is 29.0 Å². The summed E-state index contributed by atoms with van der Waals surface area (Å²) in [5.41, 5.74) is 4.42. The van der Waals surface area contributed by atoms with Crippen LogP contribution in [0.1, 0.15) is 31.9 Å². The highest BCUT2D eigenvalue weighted by Gasteiger charge is 2.28. The number of carbonyl (C=O) groups is 2. The summed E-state index contributed by atoms with van der Waals surface area (Å²) in [5.74, 6) is -0.988. The lowest BCUT2D eigenvalue weighted by molar-refractivity contribution is -0.135. The zero-order chi connectivity index (χ0) is 20.5. The smallest absolute Gasteiger partial charge is 0.331 e. The Morgan fingerprint density at radius 2 is 2.11 bits per heavy atom. The van der Waals surface area contributed by atoms with Crippen LogP contribution in [-0.2, 0) is 14.3 Å².